The minimum absolute atomic E-state index is 0.0322. The van der Waals surface area contributed by atoms with Gasteiger partial charge < -0.3 is 24.8 Å². The van der Waals surface area contributed by atoms with E-state index in [1.54, 1.807) is 18.1 Å². The van der Waals surface area contributed by atoms with E-state index in [1.165, 1.54) is 16.8 Å². The van der Waals surface area contributed by atoms with Crippen LogP contribution in [0.4, 0.5) is 0 Å². The third kappa shape index (κ3) is 4.85. The number of ether oxygens (including phenoxy) is 2. The molecule has 1 atom stereocenters. The molecule has 34 heavy (non-hydrogen) atoms. The Labute approximate surface area is 196 Å². The van der Waals surface area contributed by atoms with E-state index in [0.29, 0.717) is 44.1 Å². The average Bonchev–Trinajstić information content (AvgIpc) is 3.51. The largest absolute Gasteiger partial charge is 0.494 e. The zero-order valence-corrected chi connectivity index (χ0v) is 19.7. The van der Waals surface area contributed by atoms with Crippen molar-refractivity contribution in [2.24, 2.45) is 5.92 Å². The van der Waals surface area contributed by atoms with Crippen molar-refractivity contribution in [1.82, 2.24) is 24.4 Å². The highest BCUT2D eigenvalue weighted by Crippen LogP contribution is 2.24. The van der Waals surface area contributed by atoms with Gasteiger partial charge in [0.1, 0.15) is 5.65 Å². The molecule has 1 saturated carbocycles. The molecule has 184 valence electrons. The lowest BCUT2D eigenvalue weighted by molar-refractivity contribution is -0.136. The molecule has 2 amide bonds. The Bertz CT molecular complexity index is 1160. The van der Waals surface area contributed by atoms with Crippen LogP contribution in [0.15, 0.2) is 17.1 Å². The molecule has 2 aromatic rings. The number of aromatic nitrogens is 3. The van der Waals surface area contributed by atoms with Crippen LogP contribution in [0.5, 0.6) is 5.88 Å². The molecule has 2 N–H and O–H groups in total. The van der Waals surface area contributed by atoms with E-state index in [2.05, 4.69) is 10.4 Å². The van der Waals surface area contributed by atoms with Crippen LogP contribution < -0.4 is 10.9 Å². The number of nitrogens with zero attached hydrogens (tertiary/aromatic N) is 4. The summed E-state index contributed by atoms with van der Waals surface area (Å²) in [5.74, 6) is -1.12. The predicted molar refractivity (Wildman–Crippen MR) is 124 cm³/mol. The Morgan fingerprint density at radius 2 is 2.15 bits per heavy atom. The number of hydrogen-bond donors (Lipinski definition) is 2. The van der Waals surface area contributed by atoms with Crippen LogP contribution in [0.1, 0.15) is 42.6 Å². The first-order chi connectivity index (χ1) is 16.3. The van der Waals surface area contributed by atoms with E-state index in [4.69, 9.17) is 9.47 Å². The first kappa shape index (κ1) is 24.0. The summed E-state index contributed by atoms with van der Waals surface area (Å²) in [4.78, 5) is 40.4. The molecule has 11 heteroatoms. The molecular formula is C23H31N5O6. The number of methoxy groups -OCH3 is 1. The Balaban J connectivity index is 1.71. The van der Waals surface area contributed by atoms with E-state index in [-0.39, 0.29) is 29.5 Å². The summed E-state index contributed by atoms with van der Waals surface area (Å²) in [6, 6.07) is -0.152. The minimum atomic E-state index is -0.704. The molecular weight excluding hydrogens is 442 g/mol. The van der Waals surface area contributed by atoms with Crippen molar-refractivity contribution < 1.29 is 24.2 Å². The summed E-state index contributed by atoms with van der Waals surface area (Å²) in [6.45, 7) is 5.93. The Hall–Kier alpha value is -3.18. The zero-order valence-electron chi connectivity index (χ0n) is 19.7. The lowest BCUT2D eigenvalue weighted by Crippen LogP contribution is -2.50. The maximum Gasteiger partial charge on any atom is 0.291 e. The SMILES string of the molecule is COCC1COCCN1C(=O)C=Cc1cnn2c(=O)c(C(=O)NC3CC3)c(O)n(CC(C)C)c12. The molecule has 1 unspecified atom stereocenters. The number of aromatic hydroxyl groups is 1. The molecule has 4 rings (SSSR count). The van der Waals surface area contributed by atoms with E-state index in [1.807, 2.05) is 13.8 Å². The van der Waals surface area contributed by atoms with Crippen molar-refractivity contribution in [3.8, 4) is 5.88 Å². The maximum atomic E-state index is 13.1. The molecule has 0 aromatic carbocycles. The van der Waals surface area contributed by atoms with E-state index in [0.717, 1.165) is 17.4 Å². The van der Waals surface area contributed by atoms with Crippen molar-refractivity contribution in [2.75, 3.05) is 33.5 Å². The van der Waals surface area contributed by atoms with Gasteiger partial charge in [-0.05, 0) is 24.8 Å². The van der Waals surface area contributed by atoms with Gasteiger partial charge in [-0.25, -0.2) is 0 Å². The topological polar surface area (TPSA) is 127 Å². The number of amides is 2. The Kier molecular flexibility index (Phi) is 7.03. The van der Waals surface area contributed by atoms with Crippen LogP contribution in [-0.4, -0.2) is 81.6 Å². The van der Waals surface area contributed by atoms with Gasteiger partial charge in [0.05, 0.1) is 32.1 Å². The fraction of sp³-hybridized carbons (Fsp3) is 0.565. The van der Waals surface area contributed by atoms with E-state index >= 15 is 0 Å². The van der Waals surface area contributed by atoms with Gasteiger partial charge in [-0.2, -0.15) is 9.61 Å². The van der Waals surface area contributed by atoms with Gasteiger partial charge in [0.15, 0.2) is 5.56 Å². The quantitative estimate of drug-likeness (QED) is 0.539. The van der Waals surface area contributed by atoms with Crippen LogP contribution >= 0.6 is 0 Å². The second-order valence-corrected chi connectivity index (χ2v) is 9.14. The number of nitrogens with one attached hydrogen (secondary N) is 1. The van der Waals surface area contributed by atoms with Gasteiger partial charge in [0.2, 0.25) is 11.8 Å². The molecule has 0 spiro atoms. The summed E-state index contributed by atoms with van der Waals surface area (Å²) in [6.07, 6.45) is 6.15. The molecule has 3 heterocycles. The van der Waals surface area contributed by atoms with Crippen LogP contribution in [0.25, 0.3) is 11.7 Å². The van der Waals surface area contributed by atoms with E-state index in [9.17, 15) is 19.5 Å². The monoisotopic (exact) mass is 473 g/mol. The van der Waals surface area contributed by atoms with Crippen molar-refractivity contribution >= 4 is 23.5 Å². The van der Waals surface area contributed by atoms with Crippen LogP contribution in [0.2, 0.25) is 0 Å². The zero-order chi connectivity index (χ0) is 24.4. The summed E-state index contributed by atoms with van der Waals surface area (Å²) in [7, 11) is 1.58. The number of rotatable bonds is 8. The first-order valence-electron chi connectivity index (χ1n) is 11.5. The normalized spacial score (nSPS) is 18.8. The van der Waals surface area contributed by atoms with Crippen LogP contribution in [0, 0.1) is 5.92 Å². The lowest BCUT2D eigenvalue weighted by atomic mass is 10.2. The minimum Gasteiger partial charge on any atom is -0.494 e. The fourth-order valence-electron chi connectivity index (χ4n) is 4.08. The highest BCUT2D eigenvalue weighted by Gasteiger charge is 2.30. The van der Waals surface area contributed by atoms with Crippen LogP contribution in [-0.2, 0) is 20.8 Å². The van der Waals surface area contributed by atoms with Crippen molar-refractivity contribution in [1.29, 1.82) is 0 Å². The number of morpholine rings is 1. The van der Waals surface area contributed by atoms with Gasteiger partial charge in [-0.15, -0.1) is 0 Å². The molecule has 2 fully saturated rings. The van der Waals surface area contributed by atoms with Crippen LogP contribution in [0.3, 0.4) is 0 Å². The highest BCUT2D eigenvalue weighted by atomic mass is 16.5. The molecule has 1 aliphatic heterocycles. The average molecular weight is 474 g/mol. The van der Waals surface area contributed by atoms with Gasteiger partial charge in [-0.1, -0.05) is 13.8 Å². The molecule has 2 aromatic heterocycles. The number of carbonyl (C=O) groups excluding carboxylic acids is 2. The van der Waals surface area contributed by atoms with Gasteiger partial charge in [0.25, 0.3) is 11.5 Å². The van der Waals surface area contributed by atoms with E-state index < -0.39 is 17.3 Å². The smallest absolute Gasteiger partial charge is 0.291 e. The summed E-state index contributed by atoms with van der Waals surface area (Å²) >= 11 is 0. The predicted octanol–water partition coefficient (Wildman–Crippen LogP) is 0.637. The van der Waals surface area contributed by atoms with Gasteiger partial charge in [0, 0.05) is 37.9 Å². The molecule has 0 radical (unpaired) electrons. The molecule has 0 bridgehead atoms. The summed E-state index contributed by atoms with van der Waals surface area (Å²) in [5, 5.41) is 17.9. The third-order valence-electron chi connectivity index (χ3n) is 5.87. The van der Waals surface area contributed by atoms with Crippen molar-refractivity contribution in [3.05, 3.63) is 33.8 Å². The molecule has 11 nitrogen and oxygen atoms in total. The molecule has 1 aliphatic carbocycles. The second-order valence-electron chi connectivity index (χ2n) is 9.14. The fourth-order valence-corrected chi connectivity index (χ4v) is 4.08. The Morgan fingerprint density at radius 1 is 1.38 bits per heavy atom. The number of hydrogen-bond acceptors (Lipinski definition) is 7. The Morgan fingerprint density at radius 3 is 2.82 bits per heavy atom. The van der Waals surface area contributed by atoms with Crippen molar-refractivity contribution in [3.63, 3.8) is 0 Å². The van der Waals surface area contributed by atoms with Gasteiger partial charge in [-0.3, -0.25) is 19.0 Å². The first-order valence-corrected chi connectivity index (χ1v) is 11.5. The third-order valence-corrected chi connectivity index (χ3v) is 5.87. The molecule has 2 aliphatic rings. The van der Waals surface area contributed by atoms with Gasteiger partial charge >= 0.3 is 0 Å². The summed E-state index contributed by atoms with van der Waals surface area (Å²) < 4.78 is 13.3. The highest BCUT2D eigenvalue weighted by molar-refractivity contribution is 5.97. The standard InChI is InChI=1S/C23H31N5O6/c1-14(2)11-27-21-15(4-7-18(29)26-8-9-34-13-17(26)12-33-3)10-24-28(21)23(32)19(22(27)31)20(30)25-16-5-6-16/h4,7,10,14,16-17,31H,5-6,8-9,11-13H2,1-3H3,(H,25,30). The number of fused-ring (bicyclic) bond motifs is 1. The summed E-state index contributed by atoms with van der Waals surface area (Å²) in [5.41, 5.74) is -0.235. The number of carbonyl (C=O) groups is 2. The molecule has 1 saturated heterocycles. The second kappa shape index (κ2) is 9.98. The van der Waals surface area contributed by atoms with Crippen molar-refractivity contribution in [2.45, 2.75) is 45.3 Å². The maximum absolute atomic E-state index is 13.1. The lowest BCUT2D eigenvalue weighted by Gasteiger charge is -2.34.